The second-order valence-electron chi connectivity index (χ2n) is 8.73. The molecule has 0 N–H and O–H groups in total. The predicted molar refractivity (Wildman–Crippen MR) is 105 cm³/mol. The maximum Gasteiger partial charge on any atom is 0.229 e. The molecule has 2 aliphatic rings. The molecule has 1 fully saturated rings. The standard InChI is InChI=1S/C21H26N4O2/c1-12-6-5-7-25(9-12)19-18-17(22-11-23-19)16-14-8-21(3,4)26-10-15(14)13(2)24-20(16)27-18/h11-12H,5-10H2,1-4H3/t12-/m0/s1. The van der Waals surface area contributed by atoms with Crippen molar-refractivity contribution in [3.63, 3.8) is 0 Å². The summed E-state index contributed by atoms with van der Waals surface area (Å²) >= 11 is 0. The van der Waals surface area contributed by atoms with E-state index in [1.165, 1.54) is 24.0 Å². The normalized spacial score (nSPS) is 22.4. The first-order valence-corrected chi connectivity index (χ1v) is 9.87. The van der Waals surface area contributed by atoms with Gasteiger partial charge in [-0.25, -0.2) is 15.0 Å². The van der Waals surface area contributed by atoms with Crippen molar-refractivity contribution >= 4 is 28.0 Å². The Morgan fingerprint density at radius 2 is 2.07 bits per heavy atom. The Labute approximate surface area is 158 Å². The monoisotopic (exact) mass is 366 g/mol. The number of anilines is 1. The van der Waals surface area contributed by atoms with Crippen LogP contribution in [-0.2, 0) is 17.8 Å². The van der Waals surface area contributed by atoms with Crippen molar-refractivity contribution in [2.24, 2.45) is 5.92 Å². The summed E-state index contributed by atoms with van der Waals surface area (Å²) in [6, 6.07) is 0. The van der Waals surface area contributed by atoms with E-state index in [2.05, 4.69) is 35.6 Å². The lowest BCUT2D eigenvalue weighted by Crippen LogP contribution is -2.34. The molecule has 0 spiro atoms. The molecule has 0 bridgehead atoms. The quantitative estimate of drug-likeness (QED) is 0.644. The zero-order valence-corrected chi connectivity index (χ0v) is 16.5. The zero-order valence-electron chi connectivity index (χ0n) is 16.5. The zero-order chi connectivity index (χ0) is 18.8. The molecule has 3 aromatic rings. The molecule has 2 aliphatic heterocycles. The smallest absolute Gasteiger partial charge is 0.229 e. The number of ether oxygens (including phenoxy) is 1. The minimum Gasteiger partial charge on any atom is -0.432 e. The summed E-state index contributed by atoms with van der Waals surface area (Å²) in [6.07, 6.45) is 4.96. The third-order valence-corrected chi connectivity index (χ3v) is 5.97. The van der Waals surface area contributed by atoms with E-state index in [1.54, 1.807) is 6.33 Å². The number of hydrogen-bond acceptors (Lipinski definition) is 6. The molecule has 27 heavy (non-hydrogen) atoms. The highest BCUT2D eigenvalue weighted by Gasteiger charge is 2.32. The van der Waals surface area contributed by atoms with Gasteiger partial charge in [-0.3, -0.25) is 0 Å². The fraction of sp³-hybridized carbons (Fsp3) is 0.571. The van der Waals surface area contributed by atoms with Gasteiger partial charge in [0.2, 0.25) is 5.71 Å². The van der Waals surface area contributed by atoms with Crippen molar-refractivity contribution in [3.8, 4) is 0 Å². The van der Waals surface area contributed by atoms with Gasteiger partial charge in [0.05, 0.1) is 17.6 Å². The Balaban J connectivity index is 1.75. The van der Waals surface area contributed by atoms with E-state index in [0.717, 1.165) is 47.5 Å². The summed E-state index contributed by atoms with van der Waals surface area (Å²) < 4.78 is 12.3. The number of pyridine rings is 1. The molecule has 0 radical (unpaired) electrons. The number of nitrogens with zero attached hydrogens (tertiary/aromatic N) is 4. The molecule has 0 aromatic carbocycles. The molecule has 1 atom stereocenters. The Bertz CT molecular complexity index is 1040. The number of hydrogen-bond donors (Lipinski definition) is 0. The van der Waals surface area contributed by atoms with Crippen molar-refractivity contribution in [2.75, 3.05) is 18.0 Å². The lowest BCUT2D eigenvalue weighted by atomic mass is 9.89. The van der Waals surface area contributed by atoms with E-state index < -0.39 is 0 Å². The topological polar surface area (TPSA) is 64.3 Å². The van der Waals surface area contributed by atoms with Crippen molar-refractivity contribution < 1.29 is 9.15 Å². The van der Waals surface area contributed by atoms with Crippen molar-refractivity contribution in [1.29, 1.82) is 0 Å². The lowest BCUT2D eigenvalue weighted by Gasteiger charge is -2.32. The van der Waals surface area contributed by atoms with Gasteiger partial charge in [0.15, 0.2) is 11.4 Å². The van der Waals surface area contributed by atoms with Crippen LogP contribution in [0, 0.1) is 12.8 Å². The van der Waals surface area contributed by atoms with Crippen LogP contribution in [0.5, 0.6) is 0 Å². The number of aryl methyl sites for hydroxylation is 1. The van der Waals surface area contributed by atoms with E-state index in [1.807, 2.05) is 6.92 Å². The van der Waals surface area contributed by atoms with Gasteiger partial charge in [-0.2, -0.15) is 0 Å². The van der Waals surface area contributed by atoms with Gasteiger partial charge in [-0.05, 0) is 45.1 Å². The van der Waals surface area contributed by atoms with Crippen LogP contribution >= 0.6 is 0 Å². The molecule has 6 nitrogen and oxygen atoms in total. The highest BCUT2D eigenvalue weighted by molar-refractivity contribution is 6.06. The Morgan fingerprint density at radius 1 is 1.22 bits per heavy atom. The SMILES string of the molecule is Cc1nc2oc3c(N4CCC[C@H](C)C4)ncnc3c2c2c1COC(C)(C)C2. The van der Waals surface area contributed by atoms with Crippen molar-refractivity contribution in [3.05, 3.63) is 23.1 Å². The van der Waals surface area contributed by atoms with Crippen LogP contribution in [0.4, 0.5) is 5.82 Å². The summed E-state index contributed by atoms with van der Waals surface area (Å²) in [5, 5.41) is 1.04. The second-order valence-corrected chi connectivity index (χ2v) is 8.73. The molecule has 6 heteroatoms. The maximum atomic E-state index is 6.27. The summed E-state index contributed by atoms with van der Waals surface area (Å²) in [4.78, 5) is 16.3. The molecule has 0 aliphatic carbocycles. The summed E-state index contributed by atoms with van der Waals surface area (Å²) in [6.45, 7) is 11.2. The number of furan rings is 1. The third-order valence-electron chi connectivity index (χ3n) is 5.97. The number of rotatable bonds is 1. The maximum absolute atomic E-state index is 6.27. The minimum absolute atomic E-state index is 0.199. The van der Waals surface area contributed by atoms with Gasteiger partial charge in [-0.1, -0.05) is 6.92 Å². The predicted octanol–water partition coefficient (Wildman–Crippen LogP) is 4.17. The van der Waals surface area contributed by atoms with Gasteiger partial charge < -0.3 is 14.1 Å². The molecule has 5 rings (SSSR count). The van der Waals surface area contributed by atoms with Gasteiger partial charge in [0.25, 0.3) is 0 Å². The van der Waals surface area contributed by atoms with Crippen LogP contribution in [0.2, 0.25) is 0 Å². The first kappa shape index (κ1) is 16.9. The number of piperidine rings is 1. The second kappa shape index (κ2) is 5.89. The van der Waals surface area contributed by atoms with E-state index in [-0.39, 0.29) is 5.60 Å². The van der Waals surface area contributed by atoms with Gasteiger partial charge in [0.1, 0.15) is 11.8 Å². The summed E-state index contributed by atoms with van der Waals surface area (Å²) in [5.74, 6) is 1.57. The highest BCUT2D eigenvalue weighted by Crippen LogP contribution is 2.40. The molecule has 0 saturated carbocycles. The minimum atomic E-state index is -0.199. The molecule has 0 unspecified atom stereocenters. The third kappa shape index (κ3) is 2.69. The van der Waals surface area contributed by atoms with E-state index >= 15 is 0 Å². The van der Waals surface area contributed by atoms with Gasteiger partial charge in [-0.15, -0.1) is 0 Å². The van der Waals surface area contributed by atoms with Crippen LogP contribution in [0.1, 0.15) is 50.4 Å². The largest absolute Gasteiger partial charge is 0.432 e. The fourth-order valence-corrected chi connectivity index (χ4v) is 4.56. The molecule has 142 valence electrons. The fourth-order valence-electron chi connectivity index (χ4n) is 4.56. The average Bonchev–Trinajstić information content (AvgIpc) is 2.99. The molecule has 3 aromatic heterocycles. The van der Waals surface area contributed by atoms with Crippen LogP contribution in [-0.4, -0.2) is 33.6 Å². The average molecular weight is 366 g/mol. The molecule has 1 saturated heterocycles. The molecule has 0 amide bonds. The van der Waals surface area contributed by atoms with Crippen LogP contribution in [0.3, 0.4) is 0 Å². The Kier molecular flexibility index (Phi) is 3.69. The lowest BCUT2D eigenvalue weighted by molar-refractivity contribution is -0.0400. The van der Waals surface area contributed by atoms with E-state index in [4.69, 9.17) is 14.1 Å². The highest BCUT2D eigenvalue weighted by atomic mass is 16.5. The van der Waals surface area contributed by atoms with Crippen molar-refractivity contribution in [2.45, 2.75) is 59.2 Å². The number of aromatic nitrogens is 3. The summed E-state index contributed by atoms with van der Waals surface area (Å²) in [7, 11) is 0. The summed E-state index contributed by atoms with van der Waals surface area (Å²) in [5.41, 5.74) is 5.55. The van der Waals surface area contributed by atoms with Crippen molar-refractivity contribution in [1.82, 2.24) is 15.0 Å². The van der Waals surface area contributed by atoms with E-state index in [9.17, 15) is 0 Å². The Hall–Kier alpha value is -2.21. The van der Waals surface area contributed by atoms with Crippen LogP contribution < -0.4 is 4.90 Å². The van der Waals surface area contributed by atoms with E-state index in [0.29, 0.717) is 18.2 Å². The first-order chi connectivity index (χ1) is 12.9. The molecular formula is C21H26N4O2. The van der Waals surface area contributed by atoms with Gasteiger partial charge >= 0.3 is 0 Å². The first-order valence-electron chi connectivity index (χ1n) is 9.87. The molecule has 5 heterocycles. The van der Waals surface area contributed by atoms with Gasteiger partial charge in [0, 0.05) is 30.8 Å². The number of fused-ring (bicyclic) bond motifs is 5. The van der Waals surface area contributed by atoms with Crippen LogP contribution in [0.25, 0.3) is 22.2 Å². The van der Waals surface area contributed by atoms with Crippen LogP contribution in [0.15, 0.2) is 10.7 Å². The Morgan fingerprint density at radius 3 is 2.89 bits per heavy atom. The molecular weight excluding hydrogens is 340 g/mol.